The molecule has 1 N–H and O–H groups in total. The van der Waals surface area contributed by atoms with Crippen LogP contribution in [0.15, 0.2) is 41.8 Å². The summed E-state index contributed by atoms with van der Waals surface area (Å²) in [4.78, 5) is 14.0. The van der Waals surface area contributed by atoms with E-state index in [0.29, 0.717) is 12.3 Å². The fraction of sp³-hybridized carbons (Fsp3) is 0.364. The molecule has 2 heterocycles. The first-order valence-electron chi connectivity index (χ1n) is 9.28. The smallest absolute Gasteiger partial charge is 0.225 e. The highest BCUT2D eigenvalue weighted by atomic mass is 32.1. The zero-order valence-electron chi connectivity index (χ0n) is 16.6. The minimum absolute atomic E-state index is 0.0144. The SMILES string of the molecule is Cc1nn(C)c(C)c1CC(=O)NC(c1ccc(C(C)C)cc1)c1cccs1. The molecule has 2 aromatic heterocycles. The number of benzene rings is 1. The Balaban J connectivity index is 1.83. The molecule has 5 heteroatoms. The van der Waals surface area contributed by atoms with Gasteiger partial charge in [-0.15, -0.1) is 11.3 Å². The van der Waals surface area contributed by atoms with E-state index < -0.39 is 0 Å². The van der Waals surface area contributed by atoms with E-state index in [1.54, 1.807) is 11.3 Å². The van der Waals surface area contributed by atoms with Crippen molar-refractivity contribution in [2.45, 2.75) is 46.1 Å². The fourth-order valence-electron chi connectivity index (χ4n) is 3.29. The van der Waals surface area contributed by atoms with Gasteiger partial charge in [0.2, 0.25) is 5.91 Å². The predicted molar refractivity (Wildman–Crippen MR) is 111 cm³/mol. The molecule has 0 saturated heterocycles. The molecule has 1 atom stereocenters. The highest BCUT2D eigenvalue weighted by molar-refractivity contribution is 7.10. The maximum absolute atomic E-state index is 12.8. The largest absolute Gasteiger partial charge is 0.344 e. The molecule has 3 rings (SSSR count). The van der Waals surface area contributed by atoms with E-state index in [-0.39, 0.29) is 11.9 Å². The maximum Gasteiger partial charge on any atom is 0.225 e. The van der Waals surface area contributed by atoms with Crippen LogP contribution in [-0.2, 0) is 18.3 Å². The molecule has 1 amide bonds. The van der Waals surface area contributed by atoms with Crippen molar-refractivity contribution < 1.29 is 4.79 Å². The summed E-state index contributed by atoms with van der Waals surface area (Å²) >= 11 is 1.66. The Kier molecular flexibility index (Phi) is 5.80. The van der Waals surface area contributed by atoms with E-state index in [0.717, 1.165) is 27.4 Å². The molecule has 0 saturated carbocycles. The Morgan fingerprint density at radius 2 is 1.81 bits per heavy atom. The van der Waals surface area contributed by atoms with Gasteiger partial charge in [0.25, 0.3) is 0 Å². The number of aryl methyl sites for hydroxylation is 2. The molecule has 4 nitrogen and oxygen atoms in total. The lowest BCUT2D eigenvalue weighted by Gasteiger charge is -2.19. The van der Waals surface area contributed by atoms with Crippen LogP contribution in [0, 0.1) is 13.8 Å². The highest BCUT2D eigenvalue weighted by Crippen LogP contribution is 2.28. The van der Waals surface area contributed by atoms with Crippen LogP contribution >= 0.6 is 11.3 Å². The van der Waals surface area contributed by atoms with E-state index in [4.69, 9.17) is 0 Å². The number of carbonyl (C=O) groups excluding carboxylic acids is 1. The van der Waals surface area contributed by atoms with Crippen molar-refractivity contribution in [1.29, 1.82) is 0 Å². The molecule has 142 valence electrons. The molecule has 27 heavy (non-hydrogen) atoms. The molecule has 0 radical (unpaired) electrons. The van der Waals surface area contributed by atoms with Crippen LogP contribution in [0.3, 0.4) is 0 Å². The average molecular weight is 382 g/mol. The van der Waals surface area contributed by atoms with Gasteiger partial charge in [-0.3, -0.25) is 9.48 Å². The quantitative estimate of drug-likeness (QED) is 0.674. The lowest BCUT2D eigenvalue weighted by Crippen LogP contribution is -2.30. The number of nitrogens with zero attached hydrogens (tertiary/aromatic N) is 2. The fourth-order valence-corrected chi connectivity index (χ4v) is 4.10. The molecular formula is C22H27N3OS. The van der Waals surface area contributed by atoms with E-state index in [2.05, 4.69) is 54.6 Å². The van der Waals surface area contributed by atoms with Crippen LogP contribution < -0.4 is 5.32 Å². The van der Waals surface area contributed by atoms with Gasteiger partial charge in [0.1, 0.15) is 0 Å². The standard InChI is InChI=1S/C22H27N3OS/c1-14(2)17-8-10-18(11-9-17)22(20-7-6-12-27-20)23-21(26)13-19-15(3)24-25(5)16(19)4/h6-12,14,22H,13H2,1-5H3,(H,23,26). The van der Waals surface area contributed by atoms with Gasteiger partial charge in [-0.25, -0.2) is 0 Å². The second kappa shape index (κ2) is 8.09. The number of hydrogen-bond acceptors (Lipinski definition) is 3. The molecule has 0 spiro atoms. The Morgan fingerprint density at radius 1 is 1.15 bits per heavy atom. The van der Waals surface area contributed by atoms with Gasteiger partial charge >= 0.3 is 0 Å². The van der Waals surface area contributed by atoms with Crippen molar-refractivity contribution in [3.63, 3.8) is 0 Å². The molecule has 1 aromatic carbocycles. The van der Waals surface area contributed by atoms with E-state index in [1.807, 2.05) is 37.0 Å². The minimum Gasteiger partial charge on any atom is -0.344 e. The van der Waals surface area contributed by atoms with Gasteiger partial charge in [0.05, 0.1) is 18.2 Å². The summed E-state index contributed by atoms with van der Waals surface area (Å²) in [6.07, 6.45) is 0.345. The summed E-state index contributed by atoms with van der Waals surface area (Å²) in [5, 5.41) is 9.69. The molecule has 0 bridgehead atoms. The van der Waals surface area contributed by atoms with Gasteiger partial charge in [0.15, 0.2) is 0 Å². The molecular weight excluding hydrogens is 354 g/mol. The Morgan fingerprint density at radius 3 is 2.33 bits per heavy atom. The third-order valence-corrected chi connectivity index (χ3v) is 6.00. The summed E-state index contributed by atoms with van der Waals surface area (Å²) in [5.74, 6) is 0.505. The van der Waals surface area contributed by atoms with Crippen molar-refractivity contribution in [2.24, 2.45) is 7.05 Å². The molecule has 3 aromatic rings. The predicted octanol–water partition coefficient (Wildman–Crippen LogP) is 4.67. The maximum atomic E-state index is 12.8. The number of rotatable bonds is 6. The summed E-state index contributed by atoms with van der Waals surface area (Å²) in [5.41, 5.74) is 5.37. The molecule has 0 aliphatic rings. The number of aromatic nitrogens is 2. The van der Waals surface area contributed by atoms with E-state index in [1.165, 1.54) is 5.56 Å². The lowest BCUT2D eigenvalue weighted by atomic mass is 9.98. The molecule has 0 aliphatic heterocycles. The molecule has 0 fully saturated rings. The first-order chi connectivity index (χ1) is 12.9. The molecule has 0 aliphatic carbocycles. The summed E-state index contributed by atoms with van der Waals surface area (Å²) in [6, 6.07) is 12.5. The number of nitrogens with one attached hydrogen (secondary N) is 1. The highest BCUT2D eigenvalue weighted by Gasteiger charge is 2.20. The second-order valence-electron chi connectivity index (χ2n) is 7.29. The summed E-state index contributed by atoms with van der Waals surface area (Å²) < 4.78 is 1.83. The number of carbonyl (C=O) groups is 1. The number of thiophene rings is 1. The van der Waals surface area contributed by atoms with Crippen molar-refractivity contribution in [3.8, 4) is 0 Å². The van der Waals surface area contributed by atoms with E-state index >= 15 is 0 Å². The molecule has 1 unspecified atom stereocenters. The van der Waals surface area contributed by atoms with Crippen molar-refractivity contribution in [1.82, 2.24) is 15.1 Å². The topological polar surface area (TPSA) is 46.9 Å². The van der Waals surface area contributed by atoms with Crippen LogP contribution in [0.1, 0.15) is 58.8 Å². The number of amides is 1. The van der Waals surface area contributed by atoms with Crippen molar-refractivity contribution in [2.75, 3.05) is 0 Å². The lowest BCUT2D eigenvalue weighted by molar-refractivity contribution is -0.120. The van der Waals surface area contributed by atoms with Gasteiger partial charge in [-0.2, -0.15) is 5.10 Å². The van der Waals surface area contributed by atoms with Gasteiger partial charge in [0, 0.05) is 23.2 Å². The van der Waals surface area contributed by atoms with Crippen molar-refractivity contribution >= 4 is 17.2 Å². The van der Waals surface area contributed by atoms with E-state index in [9.17, 15) is 4.79 Å². The number of hydrogen-bond donors (Lipinski definition) is 1. The third-order valence-electron chi connectivity index (χ3n) is 5.07. The van der Waals surface area contributed by atoms with Crippen LogP contribution in [0.2, 0.25) is 0 Å². The van der Waals surface area contributed by atoms with Crippen LogP contribution in [0.25, 0.3) is 0 Å². The minimum atomic E-state index is -0.129. The summed E-state index contributed by atoms with van der Waals surface area (Å²) in [7, 11) is 1.91. The Bertz CT molecular complexity index is 908. The summed E-state index contributed by atoms with van der Waals surface area (Å²) in [6.45, 7) is 8.33. The normalized spacial score (nSPS) is 12.4. The van der Waals surface area contributed by atoms with Gasteiger partial charge in [-0.1, -0.05) is 44.2 Å². The van der Waals surface area contributed by atoms with Crippen molar-refractivity contribution in [3.05, 3.63) is 74.7 Å². The first kappa shape index (κ1) is 19.4. The van der Waals surface area contributed by atoms with Crippen LogP contribution in [0.5, 0.6) is 0 Å². The zero-order chi connectivity index (χ0) is 19.6. The Hall–Kier alpha value is -2.40. The second-order valence-corrected chi connectivity index (χ2v) is 8.27. The zero-order valence-corrected chi connectivity index (χ0v) is 17.4. The van der Waals surface area contributed by atoms with Gasteiger partial charge < -0.3 is 5.32 Å². The van der Waals surface area contributed by atoms with Crippen LogP contribution in [0.4, 0.5) is 0 Å². The monoisotopic (exact) mass is 381 g/mol. The van der Waals surface area contributed by atoms with Gasteiger partial charge in [-0.05, 0) is 42.3 Å². The first-order valence-corrected chi connectivity index (χ1v) is 10.2. The van der Waals surface area contributed by atoms with Crippen LogP contribution in [-0.4, -0.2) is 15.7 Å². The Labute approximate surface area is 165 Å². The third kappa shape index (κ3) is 4.30. The average Bonchev–Trinajstić information content (AvgIpc) is 3.24.